The minimum atomic E-state index is 0.632. The molecule has 0 saturated heterocycles. The van der Waals surface area contributed by atoms with Gasteiger partial charge in [-0.15, -0.1) is 0 Å². The zero-order chi connectivity index (χ0) is 32.3. The average Bonchev–Trinajstić information content (AvgIpc) is 3.55. The maximum absolute atomic E-state index is 6.33. The van der Waals surface area contributed by atoms with Crippen molar-refractivity contribution in [3.05, 3.63) is 164 Å². The topological polar surface area (TPSA) is 51.8 Å². The number of hydrogen-bond donors (Lipinski definition) is 0. The van der Waals surface area contributed by atoms with Crippen LogP contribution in [0, 0.1) is 0 Å². The number of aromatic nitrogens is 3. The molecule has 0 atom stereocenters. The van der Waals surface area contributed by atoms with Crippen LogP contribution in [-0.2, 0) is 0 Å². The number of hydrogen-bond acceptors (Lipinski definition) is 4. The lowest BCUT2D eigenvalue weighted by atomic mass is 9.92. The molecule has 0 fully saturated rings. The summed E-state index contributed by atoms with van der Waals surface area (Å²) in [6, 6.07) is 56.9. The molecule has 4 nitrogen and oxygen atoms in total. The summed E-state index contributed by atoms with van der Waals surface area (Å²) >= 11 is 0. The van der Waals surface area contributed by atoms with Gasteiger partial charge in [0.2, 0.25) is 0 Å². The van der Waals surface area contributed by atoms with Gasteiger partial charge in [-0.05, 0) is 73.8 Å². The zero-order valence-corrected chi connectivity index (χ0v) is 26.3. The van der Waals surface area contributed by atoms with Gasteiger partial charge in [0.15, 0.2) is 17.5 Å². The van der Waals surface area contributed by atoms with Crippen molar-refractivity contribution in [3.63, 3.8) is 0 Å². The Morgan fingerprint density at radius 3 is 1.51 bits per heavy atom. The quantitative estimate of drug-likeness (QED) is 0.183. The van der Waals surface area contributed by atoms with Gasteiger partial charge in [-0.25, -0.2) is 15.0 Å². The molecule has 8 aromatic carbocycles. The Hall–Kier alpha value is -6.65. The molecule has 0 unspecified atom stereocenters. The second-order valence-corrected chi connectivity index (χ2v) is 12.4. The summed E-state index contributed by atoms with van der Waals surface area (Å²) in [5.74, 6) is 1.91. The third-order valence-electron chi connectivity index (χ3n) is 9.49. The lowest BCUT2D eigenvalue weighted by molar-refractivity contribution is 0.669. The highest BCUT2D eigenvalue weighted by atomic mass is 16.3. The summed E-state index contributed by atoms with van der Waals surface area (Å²) in [6.07, 6.45) is 0. The van der Waals surface area contributed by atoms with E-state index in [2.05, 4.69) is 115 Å². The second kappa shape index (κ2) is 11.0. The molecule has 0 aliphatic carbocycles. The van der Waals surface area contributed by atoms with Crippen LogP contribution in [0.4, 0.5) is 0 Å². The van der Waals surface area contributed by atoms with E-state index >= 15 is 0 Å². The van der Waals surface area contributed by atoms with Crippen molar-refractivity contribution >= 4 is 54.3 Å². The van der Waals surface area contributed by atoms with Crippen molar-refractivity contribution in [2.45, 2.75) is 0 Å². The Kier molecular flexibility index (Phi) is 6.15. The van der Waals surface area contributed by atoms with Gasteiger partial charge in [0.1, 0.15) is 11.2 Å². The largest absolute Gasteiger partial charge is 0.456 e. The van der Waals surface area contributed by atoms with Gasteiger partial charge in [0.05, 0.1) is 0 Å². The van der Waals surface area contributed by atoms with Crippen LogP contribution in [-0.4, -0.2) is 15.0 Å². The zero-order valence-electron chi connectivity index (χ0n) is 26.3. The highest BCUT2D eigenvalue weighted by molar-refractivity contribution is 6.28. The van der Waals surface area contributed by atoms with Gasteiger partial charge < -0.3 is 4.42 Å². The monoisotopic (exact) mass is 625 g/mol. The number of nitrogens with zero attached hydrogens (tertiary/aromatic N) is 3. The maximum Gasteiger partial charge on any atom is 0.164 e. The molecule has 0 amide bonds. The first-order chi connectivity index (χ1) is 24.3. The molecule has 2 heterocycles. The fraction of sp³-hybridized carbons (Fsp3) is 0. The first-order valence-corrected chi connectivity index (χ1v) is 16.4. The van der Waals surface area contributed by atoms with E-state index in [0.29, 0.717) is 17.5 Å². The fourth-order valence-electron chi connectivity index (χ4n) is 7.13. The van der Waals surface area contributed by atoms with Gasteiger partial charge in [-0.1, -0.05) is 133 Å². The molecule has 0 radical (unpaired) electrons. The van der Waals surface area contributed by atoms with Gasteiger partial charge in [0.25, 0.3) is 0 Å². The van der Waals surface area contributed by atoms with Crippen LogP contribution < -0.4 is 0 Å². The predicted molar refractivity (Wildman–Crippen MR) is 201 cm³/mol. The summed E-state index contributed by atoms with van der Waals surface area (Å²) in [5, 5.41) is 9.33. The Labute approximate surface area is 282 Å². The van der Waals surface area contributed by atoms with E-state index in [1.165, 1.54) is 16.2 Å². The van der Waals surface area contributed by atoms with Crippen molar-refractivity contribution in [3.8, 4) is 45.3 Å². The number of fused-ring (bicyclic) bond motifs is 9. The Morgan fingerprint density at radius 1 is 0.265 bits per heavy atom. The third kappa shape index (κ3) is 4.57. The first kappa shape index (κ1) is 27.5. The molecule has 2 aromatic heterocycles. The molecular formula is C45H27N3O. The van der Waals surface area contributed by atoms with Gasteiger partial charge in [-0.3, -0.25) is 0 Å². The second-order valence-electron chi connectivity index (χ2n) is 12.4. The van der Waals surface area contributed by atoms with Crippen molar-refractivity contribution in [1.29, 1.82) is 0 Å². The van der Waals surface area contributed by atoms with Crippen molar-refractivity contribution in [2.75, 3.05) is 0 Å². The van der Waals surface area contributed by atoms with Crippen LogP contribution in [0.15, 0.2) is 168 Å². The molecule has 0 saturated carbocycles. The average molecular weight is 626 g/mol. The number of rotatable bonds is 4. The van der Waals surface area contributed by atoms with E-state index in [9.17, 15) is 0 Å². The maximum atomic E-state index is 6.33. The van der Waals surface area contributed by atoms with Crippen LogP contribution in [0.3, 0.4) is 0 Å². The smallest absolute Gasteiger partial charge is 0.164 e. The number of para-hydroxylation sites is 1. The Bertz CT molecular complexity index is 2880. The van der Waals surface area contributed by atoms with E-state index in [-0.39, 0.29) is 0 Å². The molecule has 228 valence electrons. The summed E-state index contributed by atoms with van der Waals surface area (Å²) < 4.78 is 6.33. The normalized spacial score (nSPS) is 11.7. The predicted octanol–water partition coefficient (Wildman–Crippen LogP) is 11.9. The highest BCUT2D eigenvalue weighted by Crippen LogP contribution is 2.41. The summed E-state index contributed by atoms with van der Waals surface area (Å²) in [7, 11) is 0. The van der Waals surface area contributed by atoms with E-state index in [1.54, 1.807) is 0 Å². The van der Waals surface area contributed by atoms with Crippen molar-refractivity contribution < 1.29 is 4.42 Å². The van der Waals surface area contributed by atoms with Crippen LogP contribution in [0.1, 0.15) is 0 Å². The highest BCUT2D eigenvalue weighted by Gasteiger charge is 2.17. The van der Waals surface area contributed by atoms with E-state index in [4.69, 9.17) is 19.4 Å². The standard InChI is InChI=1S/C45H27N3O/c1-3-12-28(13-4-1)30-16-11-17-31(24-30)44-46-43(29-14-5-2-6-15-29)47-45(48-44)32-22-23-35-37(25-32)33-18-7-8-19-34(33)38-26-40-36-20-9-10-21-41(36)49-42(40)27-39(35)38/h1-27H. The molecular weight excluding hydrogens is 599 g/mol. The van der Waals surface area contributed by atoms with Crippen LogP contribution in [0.2, 0.25) is 0 Å². The molecule has 0 spiro atoms. The molecule has 0 aliphatic rings. The minimum Gasteiger partial charge on any atom is -0.456 e. The lowest BCUT2D eigenvalue weighted by Gasteiger charge is -2.13. The van der Waals surface area contributed by atoms with E-state index in [1.807, 2.05) is 48.5 Å². The first-order valence-electron chi connectivity index (χ1n) is 16.4. The Balaban J connectivity index is 1.20. The SMILES string of the molecule is c1ccc(-c2cccc(-c3nc(-c4ccccc4)nc(-c4ccc5c(c4)c4ccccc4c4cc6c(cc54)oc4ccccc46)n3)c2)cc1. The van der Waals surface area contributed by atoms with E-state index < -0.39 is 0 Å². The number of furan rings is 1. The summed E-state index contributed by atoms with van der Waals surface area (Å²) in [6.45, 7) is 0. The summed E-state index contributed by atoms with van der Waals surface area (Å²) in [5.41, 5.74) is 6.87. The molecule has 49 heavy (non-hydrogen) atoms. The van der Waals surface area contributed by atoms with Crippen LogP contribution in [0.25, 0.3) is 99.5 Å². The molecule has 10 aromatic rings. The lowest BCUT2D eigenvalue weighted by Crippen LogP contribution is -2.00. The van der Waals surface area contributed by atoms with Crippen LogP contribution in [0.5, 0.6) is 0 Å². The summed E-state index contributed by atoms with van der Waals surface area (Å²) in [4.78, 5) is 15.2. The van der Waals surface area contributed by atoms with Crippen molar-refractivity contribution in [2.24, 2.45) is 0 Å². The molecule has 0 aliphatic heterocycles. The minimum absolute atomic E-state index is 0.632. The third-order valence-corrected chi connectivity index (χ3v) is 9.49. The van der Waals surface area contributed by atoms with Crippen molar-refractivity contribution in [1.82, 2.24) is 15.0 Å². The van der Waals surface area contributed by atoms with Crippen LogP contribution >= 0.6 is 0 Å². The molecule has 4 heteroatoms. The Morgan fingerprint density at radius 2 is 0.776 bits per heavy atom. The number of benzene rings is 8. The molecule has 0 N–H and O–H groups in total. The van der Waals surface area contributed by atoms with Gasteiger partial charge in [-0.2, -0.15) is 0 Å². The fourth-order valence-corrected chi connectivity index (χ4v) is 7.13. The van der Waals surface area contributed by atoms with E-state index in [0.717, 1.165) is 65.9 Å². The molecule has 0 bridgehead atoms. The van der Waals surface area contributed by atoms with Gasteiger partial charge in [0, 0.05) is 27.5 Å². The van der Waals surface area contributed by atoms with Gasteiger partial charge >= 0.3 is 0 Å². The molecule has 10 rings (SSSR count).